The van der Waals surface area contributed by atoms with Crippen molar-refractivity contribution in [2.45, 2.75) is 6.42 Å². The standard InChI is InChI=1S/C11H12N2O2/c1-8(11(12)15)7-10(14)13-9-5-3-2-4-6-9/h2-6H,1,7H2,(H2,12,15)(H,13,14). The minimum absolute atomic E-state index is 0.0791. The number of nitrogens with two attached hydrogens (primary N) is 1. The summed E-state index contributed by atoms with van der Waals surface area (Å²) in [6, 6.07) is 8.96. The van der Waals surface area contributed by atoms with Crippen LogP contribution < -0.4 is 11.1 Å². The lowest BCUT2D eigenvalue weighted by atomic mass is 10.2. The molecule has 0 radical (unpaired) electrons. The van der Waals surface area contributed by atoms with E-state index >= 15 is 0 Å². The van der Waals surface area contributed by atoms with Crippen LogP contribution in [-0.4, -0.2) is 11.8 Å². The number of hydrogen-bond donors (Lipinski definition) is 2. The summed E-state index contributed by atoms with van der Waals surface area (Å²) in [6.45, 7) is 3.40. The number of nitrogens with one attached hydrogen (secondary N) is 1. The van der Waals surface area contributed by atoms with Crippen molar-refractivity contribution in [1.82, 2.24) is 0 Å². The van der Waals surface area contributed by atoms with Gasteiger partial charge in [-0.05, 0) is 12.1 Å². The highest BCUT2D eigenvalue weighted by atomic mass is 16.2. The fraction of sp³-hybridized carbons (Fsp3) is 0.0909. The van der Waals surface area contributed by atoms with Gasteiger partial charge in [-0.25, -0.2) is 0 Å². The maximum absolute atomic E-state index is 11.3. The van der Waals surface area contributed by atoms with E-state index in [4.69, 9.17) is 5.73 Å². The number of hydrogen-bond acceptors (Lipinski definition) is 2. The van der Waals surface area contributed by atoms with Gasteiger partial charge in [0, 0.05) is 11.3 Å². The molecule has 78 valence electrons. The lowest BCUT2D eigenvalue weighted by Gasteiger charge is -2.04. The molecule has 0 aliphatic carbocycles. The van der Waals surface area contributed by atoms with Crippen LogP contribution in [0.2, 0.25) is 0 Å². The number of anilines is 1. The summed E-state index contributed by atoms with van der Waals surface area (Å²) in [4.78, 5) is 22.0. The van der Waals surface area contributed by atoms with Gasteiger partial charge >= 0.3 is 0 Å². The van der Waals surface area contributed by atoms with E-state index in [1.807, 2.05) is 6.07 Å². The molecule has 1 rings (SSSR count). The summed E-state index contributed by atoms with van der Waals surface area (Å²) < 4.78 is 0. The first-order valence-corrected chi connectivity index (χ1v) is 4.42. The van der Waals surface area contributed by atoms with E-state index in [1.165, 1.54) is 0 Å². The normalized spacial score (nSPS) is 9.33. The fourth-order valence-corrected chi connectivity index (χ4v) is 1.01. The van der Waals surface area contributed by atoms with Crippen molar-refractivity contribution in [3.05, 3.63) is 42.5 Å². The van der Waals surface area contributed by atoms with Gasteiger partial charge in [0.15, 0.2) is 0 Å². The fourth-order valence-electron chi connectivity index (χ4n) is 1.01. The number of benzene rings is 1. The topological polar surface area (TPSA) is 72.2 Å². The smallest absolute Gasteiger partial charge is 0.244 e. The van der Waals surface area contributed by atoms with E-state index in [9.17, 15) is 9.59 Å². The first kappa shape index (κ1) is 11.0. The minimum atomic E-state index is -0.654. The first-order chi connectivity index (χ1) is 7.09. The first-order valence-electron chi connectivity index (χ1n) is 4.42. The Bertz CT molecular complexity index is 385. The molecule has 1 aromatic carbocycles. The van der Waals surface area contributed by atoms with E-state index in [0.29, 0.717) is 5.69 Å². The van der Waals surface area contributed by atoms with Crippen molar-refractivity contribution in [2.75, 3.05) is 5.32 Å². The van der Waals surface area contributed by atoms with Crippen molar-refractivity contribution >= 4 is 17.5 Å². The minimum Gasteiger partial charge on any atom is -0.366 e. The van der Waals surface area contributed by atoms with Gasteiger partial charge in [-0.1, -0.05) is 24.8 Å². The lowest BCUT2D eigenvalue weighted by molar-refractivity contribution is -0.119. The van der Waals surface area contributed by atoms with Crippen LogP contribution in [-0.2, 0) is 9.59 Å². The monoisotopic (exact) mass is 204 g/mol. The lowest BCUT2D eigenvalue weighted by Crippen LogP contribution is -2.19. The van der Waals surface area contributed by atoms with Crippen LogP contribution in [0.5, 0.6) is 0 Å². The SMILES string of the molecule is C=C(CC(=O)Nc1ccccc1)C(N)=O. The zero-order chi connectivity index (χ0) is 11.3. The summed E-state index contributed by atoms with van der Waals surface area (Å²) in [5, 5.41) is 2.62. The van der Waals surface area contributed by atoms with E-state index in [1.54, 1.807) is 24.3 Å². The molecule has 0 aliphatic rings. The van der Waals surface area contributed by atoms with Crippen molar-refractivity contribution < 1.29 is 9.59 Å². The number of primary amides is 1. The summed E-state index contributed by atoms with van der Waals surface area (Å²) >= 11 is 0. The molecular weight excluding hydrogens is 192 g/mol. The van der Waals surface area contributed by atoms with E-state index < -0.39 is 5.91 Å². The van der Waals surface area contributed by atoms with Gasteiger partial charge in [0.2, 0.25) is 11.8 Å². The molecule has 0 aromatic heterocycles. The molecule has 0 saturated heterocycles. The molecule has 0 fully saturated rings. The summed E-state index contributed by atoms with van der Waals surface area (Å²) in [5.41, 5.74) is 5.74. The molecule has 4 nitrogen and oxygen atoms in total. The van der Waals surface area contributed by atoms with E-state index in [2.05, 4.69) is 11.9 Å². The summed E-state index contributed by atoms with van der Waals surface area (Å²) in [6.07, 6.45) is -0.0791. The molecule has 0 saturated carbocycles. The second kappa shape index (κ2) is 4.95. The molecular formula is C11H12N2O2. The van der Waals surface area contributed by atoms with E-state index in [-0.39, 0.29) is 17.9 Å². The number of rotatable bonds is 4. The summed E-state index contributed by atoms with van der Waals surface area (Å²) in [7, 11) is 0. The average Bonchev–Trinajstić information content (AvgIpc) is 2.18. The van der Waals surface area contributed by atoms with Crippen molar-refractivity contribution in [3.8, 4) is 0 Å². The van der Waals surface area contributed by atoms with Gasteiger partial charge in [-0.2, -0.15) is 0 Å². The van der Waals surface area contributed by atoms with Gasteiger partial charge < -0.3 is 11.1 Å². The molecule has 0 bridgehead atoms. The number of carbonyl (C=O) groups is 2. The third-order valence-corrected chi connectivity index (χ3v) is 1.78. The quantitative estimate of drug-likeness (QED) is 0.720. The molecule has 15 heavy (non-hydrogen) atoms. The zero-order valence-corrected chi connectivity index (χ0v) is 8.19. The maximum Gasteiger partial charge on any atom is 0.244 e. The van der Waals surface area contributed by atoms with Crippen molar-refractivity contribution in [1.29, 1.82) is 0 Å². The Balaban J connectivity index is 2.51. The Hall–Kier alpha value is -2.10. The van der Waals surface area contributed by atoms with Gasteiger partial charge in [0.25, 0.3) is 0 Å². The van der Waals surface area contributed by atoms with Crippen LogP contribution in [0.25, 0.3) is 0 Å². The Morgan fingerprint density at radius 1 is 1.27 bits per heavy atom. The Labute approximate surface area is 87.8 Å². The Kier molecular flexibility index (Phi) is 3.62. The largest absolute Gasteiger partial charge is 0.366 e. The second-order valence-electron chi connectivity index (χ2n) is 3.06. The number of para-hydroxylation sites is 1. The number of amides is 2. The molecule has 0 unspecified atom stereocenters. The Morgan fingerprint density at radius 3 is 2.40 bits per heavy atom. The third kappa shape index (κ3) is 3.64. The van der Waals surface area contributed by atoms with Gasteiger partial charge in [-0.3, -0.25) is 9.59 Å². The van der Waals surface area contributed by atoms with Gasteiger partial charge in [-0.15, -0.1) is 0 Å². The average molecular weight is 204 g/mol. The predicted molar refractivity (Wildman–Crippen MR) is 58.0 cm³/mol. The van der Waals surface area contributed by atoms with Crippen LogP contribution in [0.15, 0.2) is 42.5 Å². The molecule has 0 spiro atoms. The second-order valence-corrected chi connectivity index (χ2v) is 3.06. The van der Waals surface area contributed by atoms with Crippen molar-refractivity contribution in [2.24, 2.45) is 5.73 Å². The highest BCUT2D eigenvalue weighted by Crippen LogP contribution is 2.07. The maximum atomic E-state index is 11.3. The van der Waals surface area contributed by atoms with Gasteiger partial charge in [0.05, 0.1) is 6.42 Å². The van der Waals surface area contributed by atoms with Gasteiger partial charge in [0.1, 0.15) is 0 Å². The van der Waals surface area contributed by atoms with Crippen LogP contribution in [0.1, 0.15) is 6.42 Å². The molecule has 1 aromatic rings. The highest BCUT2D eigenvalue weighted by molar-refractivity contribution is 6.01. The van der Waals surface area contributed by atoms with Crippen LogP contribution >= 0.6 is 0 Å². The zero-order valence-electron chi connectivity index (χ0n) is 8.19. The molecule has 0 atom stereocenters. The predicted octanol–water partition coefficient (Wildman–Crippen LogP) is 1.06. The highest BCUT2D eigenvalue weighted by Gasteiger charge is 2.08. The third-order valence-electron chi connectivity index (χ3n) is 1.78. The Morgan fingerprint density at radius 2 is 1.87 bits per heavy atom. The molecule has 3 N–H and O–H groups in total. The van der Waals surface area contributed by atoms with Crippen LogP contribution in [0.4, 0.5) is 5.69 Å². The van der Waals surface area contributed by atoms with Crippen molar-refractivity contribution in [3.63, 3.8) is 0 Å². The molecule has 0 aliphatic heterocycles. The molecule has 4 heteroatoms. The van der Waals surface area contributed by atoms with Crippen LogP contribution in [0.3, 0.4) is 0 Å². The molecule has 0 heterocycles. The summed E-state index contributed by atoms with van der Waals surface area (Å²) in [5.74, 6) is -0.955. The van der Waals surface area contributed by atoms with Crippen LogP contribution in [0, 0.1) is 0 Å². The number of carbonyl (C=O) groups excluding carboxylic acids is 2. The molecule has 2 amide bonds. The van der Waals surface area contributed by atoms with E-state index in [0.717, 1.165) is 0 Å².